The second kappa shape index (κ2) is 6.39. The van der Waals surface area contributed by atoms with Crippen LogP contribution in [0.2, 0.25) is 0 Å². The highest BCUT2D eigenvalue weighted by atomic mass is 32.1. The van der Waals surface area contributed by atoms with Crippen molar-refractivity contribution in [2.45, 2.75) is 52.1 Å². The summed E-state index contributed by atoms with van der Waals surface area (Å²) in [7, 11) is 0. The van der Waals surface area contributed by atoms with Crippen LogP contribution < -0.4 is 9.64 Å². The van der Waals surface area contributed by atoms with Crippen molar-refractivity contribution in [3.05, 3.63) is 23.1 Å². The fraction of sp³-hybridized carbons (Fsp3) is 0.625. The van der Waals surface area contributed by atoms with Crippen molar-refractivity contribution >= 4 is 16.5 Å². The number of ether oxygens (including phenoxy) is 1. The summed E-state index contributed by atoms with van der Waals surface area (Å²) in [6, 6.07) is 0. The van der Waals surface area contributed by atoms with E-state index >= 15 is 0 Å². The highest BCUT2D eigenvalue weighted by Gasteiger charge is 2.25. The highest BCUT2D eigenvalue weighted by molar-refractivity contribution is 7.15. The van der Waals surface area contributed by atoms with Gasteiger partial charge in [0.25, 0.3) is 0 Å². The van der Waals surface area contributed by atoms with Gasteiger partial charge in [0, 0.05) is 37.5 Å². The number of aryl methyl sites for hydroxylation is 1. The van der Waals surface area contributed by atoms with E-state index in [1.807, 2.05) is 6.92 Å². The van der Waals surface area contributed by atoms with Gasteiger partial charge in [-0.1, -0.05) is 32.1 Å². The van der Waals surface area contributed by atoms with E-state index in [-0.39, 0.29) is 11.5 Å². The van der Waals surface area contributed by atoms with Gasteiger partial charge in [0.2, 0.25) is 11.0 Å². The fourth-order valence-corrected chi connectivity index (χ4v) is 3.43. The number of hydrogen-bond donors (Lipinski definition) is 0. The average molecular weight is 333 g/mol. The summed E-state index contributed by atoms with van der Waals surface area (Å²) in [4.78, 5) is 10.8. The summed E-state index contributed by atoms with van der Waals surface area (Å²) in [5.41, 5.74) is 0.935. The zero-order valence-corrected chi connectivity index (χ0v) is 14.9. The second-order valence-electron chi connectivity index (χ2n) is 6.94. The molecule has 0 aromatic carbocycles. The Kier molecular flexibility index (Phi) is 4.48. The minimum Gasteiger partial charge on any atom is -0.473 e. The van der Waals surface area contributed by atoms with E-state index in [0.29, 0.717) is 5.88 Å². The first-order valence-electron chi connectivity index (χ1n) is 7.96. The Morgan fingerprint density at radius 1 is 1.17 bits per heavy atom. The quantitative estimate of drug-likeness (QED) is 0.860. The topological polar surface area (TPSA) is 64.0 Å². The molecule has 1 saturated heterocycles. The number of anilines is 1. The van der Waals surface area contributed by atoms with Crippen molar-refractivity contribution < 1.29 is 4.74 Å². The van der Waals surface area contributed by atoms with Crippen molar-refractivity contribution in [2.24, 2.45) is 0 Å². The predicted octanol–water partition coefficient (Wildman–Crippen LogP) is 2.98. The molecule has 1 aliphatic heterocycles. The van der Waals surface area contributed by atoms with Crippen molar-refractivity contribution in [1.29, 1.82) is 0 Å². The fourth-order valence-electron chi connectivity index (χ4n) is 2.48. The number of hydrogen-bond acceptors (Lipinski definition) is 7. The van der Waals surface area contributed by atoms with Gasteiger partial charge in [-0.15, -0.1) is 10.2 Å². The minimum absolute atomic E-state index is 0.0567. The molecule has 23 heavy (non-hydrogen) atoms. The number of piperidine rings is 1. The Labute approximate surface area is 140 Å². The Morgan fingerprint density at radius 2 is 1.91 bits per heavy atom. The first-order chi connectivity index (χ1) is 10.9. The molecule has 0 radical (unpaired) electrons. The van der Waals surface area contributed by atoms with Gasteiger partial charge in [-0.2, -0.15) is 0 Å². The largest absolute Gasteiger partial charge is 0.473 e. The molecule has 7 heteroatoms. The molecule has 0 aliphatic carbocycles. The molecule has 3 heterocycles. The molecule has 1 aliphatic rings. The van der Waals surface area contributed by atoms with Crippen LogP contribution in [0, 0.1) is 6.92 Å². The lowest BCUT2D eigenvalue weighted by Gasteiger charge is -2.31. The average Bonchev–Trinajstić information content (AvgIpc) is 2.98. The molecule has 0 amide bonds. The van der Waals surface area contributed by atoms with Crippen molar-refractivity contribution in [3.8, 4) is 5.88 Å². The first-order valence-corrected chi connectivity index (χ1v) is 8.78. The van der Waals surface area contributed by atoms with E-state index in [1.165, 1.54) is 0 Å². The Balaban J connectivity index is 1.57. The summed E-state index contributed by atoms with van der Waals surface area (Å²) in [5, 5.41) is 10.8. The van der Waals surface area contributed by atoms with Gasteiger partial charge in [-0.05, 0) is 6.92 Å². The highest BCUT2D eigenvalue weighted by Crippen LogP contribution is 2.31. The van der Waals surface area contributed by atoms with E-state index in [1.54, 1.807) is 23.7 Å². The van der Waals surface area contributed by atoms with E-state index in [0.717, 1.165) is 41.8 Å². The molecule has 0 unspecified atom stereocenters. The van der Waals surface area contributed by atoms with Gasteiger partial charge in [0.1, 0.15) is 11.1 Å². The molecule has 0 N–H and O–H groups in total. The van der Waals surface area contributed by atoms with Gasteiger partial charge < -0.3 is 9.64 Å². The molecule has 0 saturated carbocycles. The van der Waals surface area contributed by atoms with Crippen LogP contribution in [0.25, 0.3) is 0 Å². The molecule has 2 aromatic heterocycles. The third-order valence-corrected chi connectivity index (χ3v) is 5.20. The smallest absolute Gasteiger partial charge is 0.232 e. The summed E-state index contributed by atoms with van der Waals surface area (Å²) >= 11 is 1.69. The van der Waals surface area contributed by atoms with Gasteiger partial charge in [-0.3, -0.25) is 4.98 Å². The lowest BCUT2D eigenvalue weighted by Crippen LogP contribution is -2.38. The van der Waals surface area contributed by atoms with Crippen LogP contribution in [0.5, 0.6) is 5.88 Å². The third-order valence-electron chi connectivity index (χ3n) is 3.79. The minimum atomic E-state index is 0.0567. The normalized spacial score (nSPS) is 16.6. The first kappa shape index (κ1) is 16.1. The Hall–Kier alpha value is -1.76. The molecule has 3 rings (SSSR count). The molecular formula is C16H23N5OS. The second-order valence-corrected chi connectivity index (χ2v) is 7.90. The number of nitrogens with zero attached hydrogens (tertiary/aromatic N) is 5. The molecular weight excluding hydrogens is 310 g/mol. The zero-order chi connectivity index (χ0) is 16.4. The van der Waals surface area contributed by atoms with Crippen molar-refractivity contribution in [2.75, 3.05) is 18.0 Å². The SMILES string of the molecule is Cc1cncc(OC2CCN(c3nnc(C(C)(C)C)s3)CC2)n1. The number of aromatic nitrogens is 4. The summed E-state index contributed by atoms with van der Waals surface area (Å²) in [6.45, 7) is 10.3. The van der Waals surface area contributed by atoms with Crippen LogP contribution in [0.3, 0.4) is 0 Å². The molecule has 1 fully saturated rings. The van der Waals surface area contributed by atoms with E-state index in [2.05, 4.69) is 45.8 Å². The Morgan fingerprint density at radius 3 is 2.52 bits per heavy atom. The molecule has 0 bridgehead atoms. The van der Waals surface area contributed by atoms with Crippen LogP contribution in [0.1, 0.15) is 44.3 Å². The lowest BCUT2D eigenvalue weighted by molar-refractivity contribution is 0.163. The number of rotatable bonds is 3. The summed E-state index contributed by atoms with van der Waals surface area (Å²) < 4.78 is 5.95. The van der Waals surface area contributed by atoms with E-state index in [4.69, 9.17) is 4.74 Å². The van der Waals surface area contributed by atoms with Crippen LogP contribution in [0.4, 0.5) is 5.13 Å². The van der Waals surface area contributed by atoms with Crippen LogP contribution in [-0.2, 0) is 5.41 Å². The van der Waals surface area contributed by atoms with Gasteiger partial charge in [-0.25, -0.2) is 4.98 Å². The van der Waals surface area contributed by atoms with Crippen LogP contribution in [-0.4, -0.2) is 39.4 Å². The molecule has 124 valence electrons. The lowest BCUT2D eigenvalue weighted by atomic mass is 9.98. The predicted molar refractivity (Wildman–Crippen MR) is 91.2 cm³/mol. The standard InChI is InChI=1S/C16H23N5OS/c1-11-9-17-10-13(18-11)22-12-5-7-21(8-6-12)15-20-19-14(23-15)16(2,3)4/h9-10,12H,5-8H2,1-4H3. The van der Waals surface area contributed by atoms with Gasteiger partial charge >= 0.3 is 0 Å². The Bertz CT molecular complexity index is 658. The van der Waals surface area contributed by atoms with Crippen molar-refractivity contribution in [3.63, 3.8) is 0 Å². The van der Waals surface area contributed by atoms with Crippen molar-refractivity contribution in [1.82, 2.24) is 20.2 Å². The third kappa shape index (κ3) is 3.96. The van der Waals surface area contributed by atoms with E-state index < -0.39 is 0 Å². The molecule has 0 spiro atoms. The van der Waals surface area contributed by atoms with Crippen LogP contribution in [0.15, 0.2) is 12.4 Å². The maximum absolute atomic E-state index is 5.95. The zero-order valence-electron chi connectivity index (χ0n) is 14.1. The van der Waals surface area contributed by atoms with Gasteiger partial charge in [0.15, 0.2) is 0 Å². The van der Waals surface area contributed by atoms with E-state index in [9.17, 15) is 0 Å². The van der Waals surface area contributed by atoms with Gasteiger partial charge in [0.05, 0.1) is 11.9 Å². The summed E-state index contributed by atoms with van der Waals surface area (Å²) in [6.07, 6.45) is 5.52. The van der Waals surface area contributed by atoms with Crippen LogP contribution >= 0.6 is 11.3 Å². The molecule has 6 nitrogen and oxygen atoms in total. The summed E-state index contributed by atoms with van der Waals surface area (Å²) in [5.74, 6) is 0.620. The maximum Gasteiger partial charge on any atom is 0.232 e. The maximum atomic E-state index is 5.95. The monoisotopic (exact) mass is 333 g/mol. The molecule has 2 aromatic rings. The molecule has 0 atom stereocenters.